The van der Waals surface area contributed by atoms with Gasteiger partial charge in [-0.15, -0.1) is 0 Å². The number of carbonyl (C=O) groups is 3. The highest BCUT2D eigenvalue weighted by Gasteiger charge is 2.19. The molecule has 71 heavy (non-hydrogen) atoms. The van der Waals surface area contributed by atoms with Gasteiger partial charge in [-0.25, -0.2) is 0 Å². The van der Waals surface area contributed by atoms with Crippen molar-refractivity contribution >= 4 is 17.9 Å². The van der Waals surface area contributed by atoms with Gasteiger partial charge in [-0.2, -0.15) is 0 Å². The molecule has 0 saturated carbocycles. The fraction of sp³-hybridized carbons (Fsp3) is 0.923. The molecule has 0 heterocycles. The fourth-order valence-electron chi connectivity index (χ4n) is 9.91. The van der Waals surface area contributed by atoms with Gasteiger partial charge < -0.3 is 14.2 Å². The molecular weight excluding hydrogens is 877 g/mol. The van der Waals surface area contributed by atoms with Crippen molar-refractivity contribution < 1.29 is 28.6 Å². The number of hydrogen-bond acceptors (Lipinski definition) is 6. The summed E-state index contributed by atoms with van der Waals surface area (Å²) in [5, 5.41) is 0. The van der Waals surface area contributed by atoms with Gasteiger partial charge in [0.05, 0.1) is 0 Å². The van der Waals surface area contributed by atoms with Crippen molar-refractivity contribution in [3.8, 4) is 0 Å². The van der Waals surface area contributed by atoms with Crippen LogP contribution in [0.4, 0.5) is 0 Å². The highest BCUT2D eigenvalue weighted by atomic mass is 16.6. The Kier molecular flexibility index (Phi) is 59.1. The molecule has 0 rings (SSSR count). The molecule has 0 aromatic heterocycles. The lowest BCUT2D eigenvalue weighted by molar-refractivity contribution is -0.167. The van der Waals surface area contributed by atoms with E-state index in [1.54, 1.807) is 0 Å². The van der Waals surface area contributed by atoms with Crippen molar-refractivity contribution in [3.05, 3.63) is 12.2 Å². The molecule has 0 N–H and O–H groups in total. The normalized spacial score (nSPS) is 12.0. The van der Waals surface area contributed by atoms with Crippen LogP contribution >= 0.6 is 0 Å². The minimum atomic E-state index is -0.767. The summed E-state index contributed by atoms with van der Waals surface area (Å²) in [5.74, 6) is -0.838. The summed E-state index contributed by atoms with van der Waals surface area (Å²) < 4.78 is 17.0. The zero-order chi connectivity index (χ0) is 51.4. The molecule has 0 aliphatic heterocycles. The van der Waals surface area contributed by atoms with E-state index in [0.717, 1.165) is 57.8 Å². The molecule has 0 unspecified atom stereocenters. The van der Waals surface area contributed by atoms with Gasteiger partial charge in [0.2, 0.25) is 0 Å². The Bertz CT molecular complexity index is 1100. The smallest absolute Gasteiger partial charge is 0.306 e. The summed E-state index contributed by atoms with van der Waals surface area (Å²) in [6.45, 7) is 6.71. The molecule has 0 aliphatic rings. The first-order valence-electron chi connectivity index (χ1n) is 32.2. The molecule has 6 heteroatoms. The number of rotatable bonds is 60. The second-order valence-electron chi connectivity index (χ2n) is 22.0. The van der Waals surface area contributed by atoms with Crippen LogP contribution in [-0.4, -0.2) is 37.2 Å². The third kappa shape index (κ3) is 58.9. The lowest BCUT2D eigenvalue weighted by Crippen LogP contribution is -2.30. The quantitative estimate of drug-likeness (QED) is 0.0261. The molecule has 0 amide bonds. The van der Waals surface area contributed by atoms with Crippen LogP contribution in [0, 0.1) is 0 Å². The van der Waals surface area contributed by atoms with E-state index in [1.165, 1.54) is 270 Å². The molecule has 0 saturated heterocycles. The Morgan fingerprint density at radius 1 is 0.268 bits per heavy atom. The zero-order valence-electron chi connectivity index (χ0n) is 48.3. The topological polar surface area (TPSA) is 78.9 Å². The van der Waals surface area contributed by atoms with E-state index in [9.17, 15) is 14.4 Å². The molecule has 1 atom stereocenters. The van der Waals surface area contributed by atoms with Crippen LogP contribution in [-0.2, 0) is 28.6 Å². The molecule has 0 aromatic rings. The maximum atomic E-state index is 12.9. The Labute approximate surface area is 443 Å². The molecule has 6 nitrogen and oxygen atoms in total. The number of esters is 3. The SMILES string of the molecule is CCCCCC/C=C/CCCCCCCCCC(=O)OC[C@H](COC(=O)CCCCCCCCCCCCCCCCCCCCC)OC(=O)CCCCCCCCCCCCCCCCCCCCC. The molecule has 0 aliphatic carbocycles. The molecule has 420 valence electrons. The maximum absolute atomic E-state index is 12.9. The zero-order valence-corrected chi connectivity index (χ0v) is 48.3. The van der Waals surface area contributed by atoms with Crippen LogP contribution in [0.1, 0.15) is 367 Å². The largest absolute Gasteiger partial charge is 0.462 e. The third-order valence-electron chi connectivity index (χ3n) is 14.8. The number of allylic oxidation sites excluding steroid dienone is 2. The van der Waals surface area contributed by atoms with E-state index < -0.39 is 6.10 Å². The predicted octanol–water partition coefficient (Wildman–Crippen LogP) is 21.7. The summed E-state index contributed by atoms with van der Waals surface area (Å²) in [4.78, 5) is 38.3. The van der Waals surface area contributed by atoms with Gasteiger partial charge in [0, 0.05) is 19.3 Å². The number of ether oxygens (including phenoxy) is 3. The average Bonchev–Trinajstić information content (AvgIpc) is 3.37. The van der Waals surface area contributed by atoms with Crippen LogP contribution in [0.5, 0.6) is 0 Å². The third-order valence-corrected chi connectivity index (χ3v) is 14.8. The Morgan fingerprint density at radius 3 is 0.718 bits per heavy atom. The van der Waals surface area contributed by atoms with E-state index in [-0.39, 0.29) is 31.1 Å². The second-order valence-corrected chi connectivity index (χ2v) is 22.0. The maximum Gasteiger partial charge on any atom is 0.306 e. The van der Waals surface area contributed by atoms with E-state index in [4.69, 9.17) is 14.2 Å². The molecule has 0 fully saturated rings. The minimum Gasteiger partial charge on any atom is -0.462 e. The molecule has 0 aromatic carbocycles. The molecule has 0 bridgehead atoms. The van der Waals surface area contributed by atoms with Gasteiger partial charge >= 0.3 is 17.9 Å². The molecular formula is C65H124O6. The summed E-state index contributed by atoms with van der Waals surface area (Å²) >= 11 is 0. The monoisotopic (exact) mass is 1000 g/mol. The lowest BCUT2D eigenvalue weighted by atomic mass is 10.0. The lowest BCUT2D eigenvalue weighted by Gasteiger charge is -2.18. The van der Waals surface area contributed by atoms with E-state index >= 15 is 0 Å². The Hall–Kier alpha value is -1.85. The number of carbonyl (C=O) groups excluding carboxylic acids is 3. The Balaban J connectivity index is 4.29. The van der Waals surface area contributed by atoms with E-state index in [2.05, 4.69) is 32.9 Å². The minimum absolute atomic E-state index is 0.0646. The number of hydrogen-bond donors (Lipinski definition) is 0. The van der Waals surface area contributed by atoms with E-state index in [0.29, 0.717) is 19.3 Å². The molecule has 0 spiro atoms. The molecule has 0 radical (unpaired) electrons. The predicted molar refractivity (Wildman–Crippen MR) is 307 cm³/mol. The Morgan fingerprint density at radius 2 is 0.465 bits per heavy atom. The first kappa shape index (κ1) is 69.2. The highest BCUT2D eigenvalue weighted by molar-refractivity contribution is 5.71. The van der Waals surface area contributed by atoms with Gasteiger partial charge in [0.25, 0.3) is 0 Å². The summed E-state index contributed by atoms with van der Waals surface area (Å²) in [6, 6.07) is 0. The standard InChI is InChI=1S/C65H124O6/c1-4-7-10-13-16-19-22-25-28-30-32-34-37-40-43-46-49-52-55-58-64(67)70-61-62(60-69-63(66)57-54-51-48-45-42-39-36-27-24-21-18-15-12-9-6-3)71-65(68)59-56-53-50-47-44-41-38-35-33-31-29-26-23-20-17-14-11-8-5-2/h21,24,62H,4-20,22-23,25-61H2,1-3H3/b24-21+/t62-/m1/s1. The fourth-order valence-corrected chi connectivity index (χ4v) is 9.91. The van der Waals surface area contributed by atoms with Crippen molar-refractivity contribution in [2.75, 3.05) is 13.2 Å². The summed E-state index contributed by atoms with van der Waals surface area (Å²) in [7, 11) is 0. The van der Waals surface area contributed by atoms with Crippen LogP contribution < -0.4 is 0 Å². The van der Waals surface area contributed by atoms with Crippen LogP contribution in [0.25, 0.3) is 0 Å². The first-order chi connectivity index (χ1) is 35.0. The van der Waals surface area contributed by atoms with Gasteiger partial charge in [-0.05, 0) is 44.9 Å². The average molecular weight is 1000 g/mol. The van der Waals surface area contributed by atoms with Gasteiger partial charge in [0.1, 0.15) is 13.2 Å². The van der Waals surface area contributed by atoms with Crippen molar-refractivity contribution in [1.82, 2.24) is 0 Å². The van der Waals surface area contributed by atoms with Crippen molar-refractivity contribution in [2.24, 2.45) is 0 Å². The van der Waals surface area contributed by atoms with E-state index in [1.807, 2.05) is 0 Å². The first-order valence-corrected chi connectivity index (χ1v) is 32.2. The van der Waals surface area contributed by atoms with Gasteiger partial charge in [-0.1, -0.05) is 315 Å². The van der Waals surface area contributed by atoms with Crippen LogP contribution in [0.2, 0.25) is 0 Å². The number of unbranched alkanes of at least 4 members (excludes halogenated alkanes) is 47. The van der Waals surface area contributed by atoms with Crippen LogP contribution in [0.15, 0.2) is 12.2 Å². The van der Waals surface area contributed by atoms with Crippen molar-refractivity contribution in [1.29, 1.82) is 0 Å². The van der Waals surface area contributed by atoms with Gasteiger partial charge in [0.15, 0.2) is 6.10 Å². The highest BCUT2D eigenvalue weighted by Crippen LogP contribution is 2.18. The second kappa shape index (κ2) is 60.7. The van der Waals surface area contributed by atoms with Crippen LogP contribution in [0.3, 0.4) is 0 Å². The van der Waals surface area contributed by atoms with Crippen molar-refractivity contribution in [3.63, 3.8) is 0 Å². The van der Waals surface area contributed by atoms with Crippen molar-refractivity contribution in [2.45, 2.75) is 374 Å². The summed E-state index contributed by atoms with van der Waals surface area (Å²) in [6.07, 6.45) is 70.7. The van der Waals surface area contributed by atoms with Gasteiger partial charge in [-0.3, -0.25) is 14.4 Å². The summed E-state index contributed by atoms with van der Waals surface area (Å²) in [5.41, 5.74) is 0.